The highest BCUT2D eigenvalue weighted by Crippen LogP contribution is 2.29. The maximum absolute atomic E-state index is 14.4. The van der Waals surface area contributed by atoms with Crippen molar-refractivity contribution in [2.45, 2.75) is 40.2 Å². The molecule has 0 bridgehead atoms. The lowest BCUT2D eigenvalue weighted by Gasteiger charge is -2.21. The monoisotopic (exact) mass is 275 g/mol. The Morgan fingerprint density at radius 1 is 1.20 bits per heavy atom. The van der Waals surface area contributed by atoms with Gasteiger partial charge in [-0.3, -0.25) is 0 Å². The Balaban J connectivity index is 2.46. The predicted octanol–water partition coefficient (Wildman–Crippen LogP) is 4.43. The van der Waals surface area contributed by atoms with Crippen LogP contribution in [0, 0.1) is 26.6 Å². The molecular formula is C17H22FNO. The van der Waals surface area contributed by atoms with Crippen LogP contribution >= 0.6 is 0 Å². The van der Waals surface area contributed by atoms with Crippen molar-refractivity contribution >= 4 is 0 Å². The predicted molar refractivity (Wildman–Crippen MR) is 79.5 cm³/mol. The number of furan rings is 1. The van der Waals surface area contributed by atoms with Crippen LogP contribution in [0.25, 0.3) is 0 Å². The summed E-state index contributed by atoms with van der Waals surface area (Å²) in [7, 11) is 0. The summed E-state index contributed by atoms with van der Waals surface area (Å²) in [5.41, 5.74) is 3.60. The molecule has 0 aliphatic carbocycles. The number of rotatable bonds is 5. The van der Waals surface area contributed by atoms with E-state index in [1.54, 1.807) is 12.3 Å². The lowest BCUT2D eigenvalue weighted by molar-refractivity contribution is 0.515. The fourth-order valence-corrected chi connectivity index (χ4v) is 2.58. The molecule has 0 aliphatic heterocycles. The van der Waals surface area contributed by atoms with Crippen molar-refractivity contribution in [3.63, 3.8) is 0 Å². The van der Waals surface area contributed by atoms with E-state index in [1.165, 1.54) is 0 Å². The lowest BCUT2D eigenvalue weighted by atomic mass is 9.94. The molecule has 2 rings (SSSR count). The number of hydrogen-bond donors (Lipinski definition) is 1. The molecule has 1 N–H and O–H groups in total. The van der Waals surface area contributed by atoms with E-state index in [-0.39, 0.29) is 11.9 Å². The van der Waals surface area contributed by atoms with Crippen LogP contribution < -0.4 is 5.32 Å². The Hall–Kier alpha value is -1.61. The van der Waals surface area contributed by atoms with E-state index < -0.39 is 0 Å². The molecule has 0 amide bonds. The molecule has 0 aliphatic rings. The molecule has 1 heterocycles. The number of aryl methyl sites for hydroxylation is 3. The van der Waals surface area contributed by atoms with Crippen LogP contribution in [-0.4, -0.2) is 6.54 Å². The maximum atomic E-state index is 14.4. The van der Waals surface area contributed by atoms with Crippen LogP contribution in [0.5, 0.6) is 0 Å². The largest absolute Gasteiger partial charge is 0.469 e. The highest BCUT2D eigenvalue weighted by Gasteiger charge is 2.21. The van der Waals surface area contributed by atoms with E-state index in [9.17, 15) is 4.39 Å². The second kappa shape index (κ2) is 6.23. The van der Waals surface area contributed by atoms with Gasteiger partial charge in [-0.05, 0) is 57.0 Å². The Bertz CT molecular complexity index is 565. The van der Waals surface area contributed by atoms with Gasteiger partial charge in [-0.25, -0.2) is 4.39 Å². The minimum Gasteiger partial charge on any atom is -0.469 e. The molecule has 2 aromatic rings. The van der Waals surface area contributed by atoms with Gasteiger partial charge in [-0.1, -0.05) is 13.0 Å². The van der Waals surface area contributed by atoms with Gasteiger partial charge in [0.25, 0.3) is 0 Å². The van der Waals surface area contributed by atoms with Gasteiger partial charge in [0.05, 0.1) is 12.3 Å². The summed E-state index contributed by atoms with van der Waals surface area (Å²) in [6, 6.07) is 5.42. The van der Waals surface area contributed by atoms with Gasteiger partial charge in [0, 0.05) is 11.1 Å². The van der Waals surface area contributed by atoms with Crippen molar-refractivity contribution in [1.29, 1.82) is 0 Å². The van der Waals surface area contributed by atoms with E-state index >= 15 is 0 Å². The van der Waals surface area contributed by atoms with E-state index in [0.29, 0.717) is 5.56 Å². The van der Waals surface area contributed by atoms with Crippen molar-refractivity contribution in [1.82, 2.24) is 5.32 Å². The third-order valence-electron chi connectivity index (χ3n) is 3.45. The molecule has 0 saturated carbocycles. The van der Waals surface area contributed by atoms with E-state index in [0.717, 1.165) is 35.4 Å². The normalized spacial score (nSPS) is 12.7. The third kappa shape index (κ3) is 3.10. The van der Waals surface area contributed by atoms with Gasteiger partial charge in [0.2, 0.25) is 0 Å². The molecule has 0 fully saturated rings. The zero-order valence-electron chi connectivity index (χ0n) is 12.6. The summed E-state index contributed by atoms with van der Waals surface area (Å²) in [4.78, 5) is 0. The molecule has 108 valence electrons. The molecule has 1 atom stereocenters. The zero-order valence-corrected chi connectivity index (χ0v) is 12.6. The molecule has 1 aromatic heterocycles. The van der Waals surface area contributed by atoms with Gasteiger partial charge in [0.15, 0.2) is 0 Å². The summed E-state index contributed by atoms with van der Waals surface area (Å²) in [5, 5.41) is 3.42. The average Bonchev–Trinajstić information content (AvgIpc) is 2.78. The van der Waals surface area contributed by atoms with Gasteiger partial charge in [0.1, 0.15) is 11.6 Å². The van der Waals surface area contributed by atoms with Crippen LogP contribution in [0.2, 0.25) is 0 Å². The van der Waals surface area contributed by atoms with Crippen molar-refractivity contribution in [3.8, 4) is 0 Å². The summed E-state index contributed by atoms with van der Waals surface area (Å²) >= 11 is 0. The molecule has 0 radical (unpaired) electrons. The molecule has 0 spiro atoms. The first-order chi connectivity index (χ1) is 9.52. The summed E-state index contributed by atoms with van der Waals surface area (Å²) < 4.78 is 19.8. The molecule has 20 heavy (non-hydrogen) atoms. The Labute approximate surface area is 120 Å². The smallest absolute Gasteiger partial charge is 0.128 e. The first kappa shape index (κ1) is 14.8. The van der Waals surface area contributed by atoms with Gasteiger partial charge in [-0.2, -0.15) is 0 Å². The van der Waals surface area contributed by atoms with Gasteiger partial charge < -0.3 is 9.73 Å². The van der Waals surface area contributed by atoms with Crippen molar-refractivity contribution in [2.24, 2.45) is 0 Å². The minimum absolute atomic E-state index is 0.157. The van der Waals surface area contributed by atoms with Crippen LogP contribution in [0.4, 0.5) is 4.39 Å². The Kier molecular flexibility index (Phi) is 4.61. The van der Waals surface area contributed by atoms with Crippen molar-refractivity contribution in [3.05, 3.63) is 58.3 Å². The fraction of sp³-hybridized carbons (Fsp3) is 0.412. The summed E-state index contributed by atoms with van der Waals surface area (Å²) in [6.07, 6.45) is 2.71. The molecule has 1 aromatic carbocycles. The SMILES string of the molecule is CCCNC(c1coc(C)c1)c1c(C)cc(C)cc1F. The molecule has 3 heteroatoms. The maximum Gasteiger partial charge on any atom is 0.128 e. The zero-order chi connectivity index (χ0) is 14.7. The number of benzene rings is 1. The van der Waals surface area contributed by atoms with Crippen LogP contribution in [0.3, 0.4) is 0 Å². The van der Waals surface area contributed by atoms with Gasteiger partial charge >= 0.3 is 0 Å². The first-order valence-electron chi connectivity index (χ1n) is 7.08. The topological polar surface area (TPSA) is 25.2 Å². The van der Waals surface area contributed by atoms with Crippen LogP contribution in [-0.2, 0) is 0 Å². The van der Waals surface area contributed by atoms with E-state index in [4.69, 9.17) is 4.42 Å². The van der Waals surface area contributed by atoms with E-state index in [2.05, 4.69) is 12.2 Å². The number of hydrogen-bond acceptors (Lipinski definition) is 2. The number of halogens is 1. The fourth-order valence-electron chi connectivity index (χ4n) is 2.58. The van der Waals surface area contributed by atoms with Crippen molar-refractivity contribution < 1.29 is 8.81 Å². The third-order valence-corrected chi connectivity index (χ3v) is 3.45. The lowest BCUT2D eigenvalue weighted by Crippen LogP contribution is -2.24. The summed E-state index contributed by atoms with van der Waals surface area (Å²) in [6.45, 7) is 8.71. The van der Waals surface area contributed by atoms with Crippen LogP contribution in [0.15, 0.2) is 28.9 Å². The van der Waals surface area contributed by atoms with Gasteiger partial charge in [-0.15, -0.1) is 0 Å². The average molecular weight is 275 g/mol. The highest BCUT2D eigenvalue weighted by molar-refractivity contribution is 5.39. The van der Waals surface area contributed by atoms with Crippen LogP contribution in [0.1, 0.15) is 47.4 Å². The van der Waals surface area contributed by atoms with E-state index in [1.807, 2.05) is 32.9 Å². The Morgan fingerprint density at radius 2 is 1.95 bits per heavy atom. The standard InChI is InChI=1S/C17H22FNO/c1-5-6-19-17(14-9-13(4)20-10-14)16-12(3)7-11(2)8-15(16)18/h7-10,17,19H,5-6H2,1-4H3. The summed E-state index contributed by atoms with van der Waals surface area (Å²) in [5.74, 6) is 0.684. The molecular weight excluding hydrogens is 253 g/mol. The molecule has 0 saturated heterocycles. The Morgan fingerprint density at radius 3 is 2.50 bits per heavy atom. The molecule has 1 unspecified atom stereocenters. The molecule has 2 nitrogen and oxygen atoms in total. The second-order valence-corrected chi connectivity index (χ2v) is 5.36. The quantitative estimate of drug-likeness (QED) is 0.873. The highest BCUT2D eigenvalue weighted by atomic mass is 19.1. The minimum atomic E-state index is -0.159. The second-order valence-electron chi connectivity index (χ2n) is 5.36. The van der Waals surface area contributed by atoms with Crippen molar-refractivity contribution in [2.75, 3.05) is 6.54 Å². The number of nitrogens with one attached hydrogen (secondary N) is 1. The first-order valence-corrected chi connectivity index (χ1v) is 7.08.